The molecule has 0 aliphatic heterocycles. The van der Waals surface area contributed by atoms with Crippen molar-refractivity contribution in [3.8, 4) is 0 Å². The summed E-state index contributed by atoms with van der Waals surface area (Å²) in [4.78, 5) is 22.3. The van der Waals surface area contributed by atoms with Crippen molar-refractivity contribution in [3.63, 3.8) is 0 Å². The van der Waals surface area contributed by atoms with Crippen molar-refractivity contribution >= 4 is 28.5 Å². The second kappa shape index (κ2) is 5.31. The van der Waals surface area contributed by atoms with Crippen LogP contribution in [0.3, 0.4) is 0 Å². The number of carbonyl (C=O) groups excluding carboxylic acids is 2. The molecule has 0 atom stereocenters. The van der Waals surface area contributed by atoms with Crippen LogP contribution in [-0.2, 0) is 9.59 Å². The lowest BCUT2D eigenvalue weighted by atomic mass is 10.2. The van der Waals surface area contributed by atoms with Crippen LogP contribution in [0.15, 0.2) is 24.3 Å². The molecule has 0 saturated carbocycles. The maximum Gasteiger partial charge on any atom is 0.227 e. The quantitative estimate of drug-likeness (QED) is 0.753. The summed E-state index contributed by atoms with van der Waals surface area (Å²) >= 11 is 0. The minimum absolute atomic E-state index is 0.145. The van der Waals surface area contributed by atoms with Crippen LogP contribution in [0.5, 0.6) is 0 Å². The van der Waals surface area contributed by atoms with E-state index in [9.17, 15) is 9.59 Å². The average Bonchev–Trinajstić information content (AvgIpc) is 2.72. The SMILES string of the molecule is CC(=O)NCCC(=O)Nc1n[nH]c2ccccc12. The van der Waals surface area contributed by atoms with Gasteiger partial charge in [0, 0.05) is 25.3 Å². The fourth-order valence-electron chi connectivity index (χ4n) is 1.61. The van der Waals surface area contributed by atoms with Gasteiger partial charge in [0.05, 0.1) is 5.52 Å². The molecule has 0 aliphatic carbocycles. The van der Waals surface area contributed by atoms with Crippen LogP contribution < -0.4 is 10.6 Å². The Kier molecular flexibility index (Phi) is 3.57. The molecule has 0 radical (unpaired) electrons. The minimum Gasteiger partial charge on any atom is -0.356 e. The highest BCUT2D eigenvalue weighted by Crippen LogP contribution is 2.19. The molecule has 94 valence electrons. The number of anilines is 1. The molecule has 0 saturated heterocycles. The van der Waals surface area contributed by atoms with E-state index in [4.69, 9.17) is 0 Å². The van der Waals surface area contributed by atoms with E-state index in [-0.39, 0.29) is 18.2 Å². The molecule has 0 bridgehead atoms. The Labute approximate surface area is 104 Å². The van der Waals surface area contributed by atoms with Crippen molar-refractivity contribution in [1.82, 2.24) is 15.5 Å². The maximum absolute atomic E-state index is 11.6. The molecule has 6 nitrogen and oxygen atoms in total. The van der Waals surface area contributed by atoms with Crippen molar-refractivity contribution in [2.75, 3.05) is 11.9 Å². The summed E-state index contributed by atoms with van der Waals surface area (Å²) in [6.45, 7) is 1.74. The van der Waals surface area contributed by atoms with E-state index in [1.807, 2.05) is 24.3 Å². The van der Waals surface area contributed by atoms with Gasteiger partial charge in [0.25, 0.3) is 0 Å². The molecule has 2 amide bonds. The van der Waals surface area contributed by atoms with Crippen molar-refractivity contribution < 1.29 is 9.59 Å². The van der Waals surface area contributed by atoms with Gasteiger partial charge in [0.1, 0.15) is 0 Å². The largest absolute Gasteiger partial charge is 0.356 e. The third-order valence-electron chi connectivity index (χ3n) is 2.45. The van der Waals surface area contributed by atoms with Crippen LogP contribution in [-0.4, -0.2) is 28.6 Å². The zero-order valence-corrected chi connectivity index (χ0v) is 9.99. The van der Waals surface area contributed by atoms with Gasteiger partial charge in [-0.2, -0.15) is 5.10 Å². The molecule has 1 heterocycles. The lowest BCUT2D eigenvalue weighted by Gasteiger charge is -2.03. The fourth-order valence-corrected chi connectivity index (χ4v) is 1.61. The first-order chi connectivity index (χ1) is 8.66. The normalized spacial score (nSPS) is 10.3. The van der Waals surface area contributed by atoms with Crippen LogP contribution in [0.25, 0.3) is 10.9 Å². The van der Waals surface area contributed by atoms with E-state index in [1.54, 1.807) is 0 Å². The summed E-state index contributed by atoms with van der Waals surface area (Å²) in [5.41, 5.74) is 0.870. The number of benzene rings is 1. The summed E-state index contributed by atoms with van der Waals surface area (Å²) in [5, 5.41) is 13.0. The smallest absolute Gasteiger partial charge is 0.227 e. The third kappa shape index (κ3) is 2.85. The Hall–Kier alpha value is -2.37. The number of fused-ring (bicyclic) bond motifs is 1. The number of para-hydroxylation sites is 1. The standard InChI is InChI=1S/C12H14N4O2/c1-8(17)13-7-6-11(18)14-12-9-4-2-3-5-10(9)15-16-12/h2-5H,6-7H2,1H3,(H,13,17)(H2,14,15,16,18). The average molecular weight is 246 g/mol. The number of carbonyl (C=O) groups is 2. The summed E-state index contributed by atoms with van der Waals surface area (Å²) in [6.07, 6.45) is 0.223. The molecule has 0 fully saturated rings. The number of hydrogen-bond donors (Lipinski definition) is 3. The van der Waals surface area contributed by atoms with Gasteiger partial charge >= 0.3 is 0 Å². The second-order valence-electron chi connectivity index (χ2n) is 3.90. The monoisotopic (exact) mass is 246 g/mol. The molecule has 0 aliphatic rings. The summed E-state index contributed by atoms with van der Waals surface area (Å²) in [6, 6.07) is 7.53. The minimum atomic E-state index is -0.180. The van der Waals surface area contributed by atoms with Crippen LogP contribution in [0.4, 0.5) is 5.82 Å². The van der Waals surface area contributed by atoms with E-state index < -0.39 is 0 Å². The van der Waals surface area contributed by atoms with E-state index in [0.717, 1.165) is 10.9 Å². The van der Waals surface area contributed by atoms with Crippen molar-refractivity contribution in [2.45, 2.75) is 13.3 Å². The number of nitrogens with zero attached hydrogens (tertiary/aromatic N) is 1. The van der Waals surface area contributed by atoms with Crippen LogP contribution in [0, 0.1) is 0 Å². The van der Waals surface area contributed by atoms with Gasteiger partial charge in [-0.15, -0.1) is 0 Å². The Bertz CT molecular complexity index is 576. The molecule has 2 aromatic rings. The topological polar surface area (TPSA) is 86.9 Å². The van der Waals surface area contributed by atoms with E-state index in [0.29, 0.717) is 12.4 Å². The maximum atomic E-state index is 11.6. The molecule has 0 spiro atoms. The van der Waals surface area contributed by atoms with E-state index in [1.165, 1.54) is 6.92 Å². The van der Waals surface area contributed by atoms with Gasteiger partial charge in [-0.1, -0.05) is 12.1 Å². The number of nitrogens with one attached hydrogen (secondary N) is 3. The zero-order valence-electron chi connectivity index (χ0n) is 9.99. The number of H-pyrrole nitrogens is 1. The van der Waals surface area contributed by atoms with Gasteiger partial charge in [0.2, 0.25) is 11.8 Å². The first-order valence-electron chi connectivity index (χ1n) is 5.64. The van der Waals surface area contributed by atoms with Crippen molar-refractivity contribution in [3.05, 3.63) is 24.3 Å². The predicted octanol–water partition coefficient (Wildman–Crippen LogP) is 1.03. The lowest BCUT2D eigenvalue weighted by molar-refractivity contribution is -0.119. The second-order valence-corrected chi connectivity index (χ2v) is 3.90. The molecule has 1 aromatic heterocycles. The molecule has 6 heteroatoms. The van der Waals surface area contributed by atoms with Crippen molar-refractivity contribution in [2.24, 2.45) is 0 Å². The van der Waals surface area contributed by atoms with Gasteiger partial charge in [-0.05, 0) is 12.1 Å². The van der Waals surface area contributed by atoms with E-state index >= 15 is 0 Å². The Morgan fingerprint density at radius 3 is 2.89 bits per heavy atom. The highest BCUT2D eigenvalue weighted by atomic mass is 16.2. The number of aromatic nitrogens is 2. The van der Waals surface area contributed by atoms with Gasteiger partial charge in [-0.3, -0.25) is 14.7 Å². The van der Waals surface area contributed by atoms with Gasteiger partial charge < -0.3 is 10.6 Å². The molecule has 18 heavy (non-hydrogen) atoms. The fraction of sp³-hybridized carbons (Fsp3) is 0.250. The van der Waals surface area contributed by atoms with Crippen LogP contribution in [0.2, 0.25) is 0 Å². The lowest BCUT2D eigenvalue weighted by Crippen LogP contribution is -2.25. The predicted molar refractivity (Wildman–Crippen MR) is 68.0 cm³/mol. The molecule has 3 N–H and O–H groups in total. The Morgan fingerprint density at radius 2 is 2.11 bits per heavy atom. The molecule has 0 unspecified atom stereocenters. The first kappa shape index (κ1) is 12.1. The summed E-state index contributed by atoms with van der Waals surface area (Å²) in [5.74, 6) is 0.187. The molecular weight excluding hydrogens is 232 g/mol. The van der Waals surface area contributed by atoms with Crippen LogP contribution in [0.1, 0.15) is 13.3 Å². The Morgan fingerprint density at radius 1 is 1.33 bits per heavy atom. The molecular formula is C12H14N4O2. The number of aromatic amines is 1. The van der Waals surface area contributed by atoms with Gasteiger partial charge in [0.15, 0.2) is 5.82 Å². The highest BCUT2D eigenvalue weighted by Gasteiger charge is 2.08. The zero-order chi connectivity index (χ0) is 13.0. The van der Waals surface area contributed by atoms with E-state index in [2.05, 4.69) is 20.8 Å². The summed E-state index contributed by atoms with van der Waals surface area (Å²) < 4.78 is 0. The first-order valence-corrected chi connectivity index (χ1v) is 5.64. The highest BCUT2D eigenvalue weighted by molar-refractivity contribution is 5.99. The van der Waals surface area contributed by atoms with Gasteiger partial charge in [-0.25, -0.2) is 0 Å². The molecule has 2 rings (SSSR count). The Balaban J connectivity index is 1.97. The third-order valence-corrected chi connectivity index (χ3v) is 2.45. The van der Waals surface area contributed by atoms with Crippen LogP contribution >= 0.6 is 0 Å². The molecule has 1 aromatic carbocycles. The number of rotatable bonds is 4. The number of hydrogen-bond acceptors (Lipinski definition) is 3. The number of amides is 2. The summed E-state index contributed by atoms with van der Waals surface area (Å²) in [7, 11) is 0. The van der Waals surface area contributed by atoms with Crippen molar-refractivity contribution in [1.29, 1.82) is 0 Å².